The van der Waals surface area contributed by atoms with Crippen LogP contribution < -0.4 is 0 Å². The molecule has 0 spiro atoms. The Morgan fingerprint density at radius 2 is 1.41 bits per heavy atom. The molecule has 3 atom stereocenters. The highest BCUT2D eigenvalue weighted by atomic mass is 32.2. The summed E-state index contributed by atoms with van der Waals surface area (Å²) in [6, 6.07) is 0. The molecule has 1 N–H and O–H groups in total. The molecule has 0 aromatic rings. The minimum Gasteiger partial charge on any atom is -0.466 e. The van der Waals surface area contributed by atoms with Gasteiger partial charge < -0.3 is 9.84 Å². The van der Waals surface area contributed by atoms with E-state index in [9.17, 15) is 14.7 Å². The van der Waals surface area contributed by atoms with Crippen LogP contribution in [0.2, 0.25) is 0 Å². The number of carbonyl (C=O) groups excluding carboxylic acids is 2. The van der Waals surface area contributed by atoms with E-state index in [0.717, 1.165) is 57.8 Å². The van der Waals surface area contributed by atoms with Crippen LogP contribution in [0.5, 0.6) is 0 Å². The van der Waals surface area contributed by atoms with Gasteiger partial charge in [-0.2, -0.15) is 11.8 Å². The van der Waals surface area contributed by atoms with Gasteiger partial charge in [-0.25, -0.2) is 0 Å². The first-order valence-electron chi connectivity index (χ1n) is 16.7. The average Bonchev–Trinajstić information content (AvgIpc) is 3.25. The Morgan fingerprint density at radius 1 is 0.846 bits per heavy atom. The number of thioether (sulfide) groups is 1. The molecule has 0 radical (unpaired) electrons. The zero-order valence-electron chi connectivity index (χ0n) is 26.5. The van der Waals surface area contributed by atoms with Crippen molar-refractivity contribution in [2.45, 2.75) is 180 Å². The normalized spacial score (nSPS) is 19.4. The van der Waals surface area contributed by atoms with Gasteiger partial charge in [0.05, 0.1) is 12.2 Å². The van der Waals surface area contributed by atoms with Gasteiger partial charge in [0.1, 0.15) is 5.78 Å². The van der Waals surface area contributed by atoms with Gasteiger partial charge in [0.2, 0.25) is 0 Å². The van der Waals surface area contributed by atoms with Crippen LogP contribution in [0.1, 0.15) is 169 Å². The lowest BCUT2D eigenvalue weighted by molar-refractivity contribution is -0.143. The fourth-order valence-corrected chi connectivity index (χ4v) is 7.37. The summed E-state index contributed by atoms with van der Waals surface area (Å²) in [5.41, 5.74) is -0.857. The molecule has 4 nitrogen and oxygen atoms in total. The molecule has 0 aliphatic heterocycles. The number of Topliss-reactive ketones (excluding diaryl/α,β-unsaturated/α-hetero) is 1. The lowest BCUT2D eigenvalue weighted by Gasteiger charge is -2.41. The van der Waals surface area contributed by atoms with Gasteiger partial charge in [-0.05, 0) is 44.4 Å². The van der Waals surface area contributed by atoms with E-state index in [4.69, 9.17) is 4.74 Å². The molecule has 3 unspecified atom stereocenters. The summed E-state index contributed by atoms with van der Waals surface area (Å²) in [5, 5.41) is 11.7. The van der Waals surface area contributed by atoms with Crippen molar-refractivity contribution in [1.82, 2.24) is 0 Å². The molecule has 0 bridgehead atoms. The largest absolute Gasteiger partial charge is 0.466 e. The van der Waals surface area contributed by atoms with E-state index >= 15 is 0 Å². The van der Waals surface area contributed by atoms with Gasteiger partial charge in [-0.3, -0.25) is 9.59 Å². The molecular formula is C34H64O4S. The summed E-state index contributed by atoms with van der Waals surface area (Å²) < 4.78 is 5.41. The maximum Gasteiger partial charge on any atom is 0.305 e. The first-order valence-corrected chi connectivity index (χ1v) is 17.7. The summed E-state index contributed by atoms with van der Waals surface area (Å²) in [7, 11) is 0. The number of hydrogen-bond acceptors (Lipinski definition) is 5. The highest BCUT2D eigenvalue weighted by Crippen LogP contribution is 2.42. The molecule has 1 aliphatic carbocycles. The van der Waals surface area contributed by atoms with Crippen LogP contribution in [0.25, 0.3) is 0 Å². The number of rotatable bonds is 25. The lowest BCUT2D eigenvalue weighted by atomic mass is 9.73. The van der Waals surface area contributed by atoms with Crippen LogP contribution in [-0.4, -0.2) is 40.1 Å². The van der Waals surface area contributed by atoms with Crippen molar-refractivity contribution in [3.05, 3.63) is 0 Å². The average molecular weight is 569 g/mol. The molecule has 1 rings (SSSR count). The summed E-state index contributed by atoms with van der Waals surface area (Å²) in [6.45, 7) is 11.4. The number of unbranched alkanes of at least 4 members (excludes halogenated alkanes) is 13. The van der Waals surface area contributed by atoms with Crippen molar-refractivity contribution in [1.29, 1.82) is 0 Å². The van der Waals surface area contributed by atoms with Crippen molar-refractivity contribution >= 4 is 23.5 Å². The smallest absolute Gasteiger partial charge is 0.305 e. The number of aliphatic hydroxyl groups is 1. The first kappa shape index (κ1) is 36.5. The molecule has 1 saturated carbocycles. The fraction of sp³-hybridized carbons (Fsp3) is 0.941. The third kappa shape index (κ3) is 15.9. The van der Waals surface area contributed by atoms with Crippen LogP contribution in [0, 0.1) is 11.3 Å². The first-order chi connectivity index (χ1) is 18.6. The molecule has 0 heterocycles. The third-order valence-electron chi connectivity index (χ3n) is 9.14. The molecule has 39 heavy (non-hydrogen) atoms. The summed E-state index contributed by atoms with van der Waals surface area (Å²) in [4.78, 5) is 24.6. The Labute approximate surface area is 246 Å². The van der Waals surface area contributed by atoms with Crippen LogP contribution in [-0.2, 0) is 14.3 Å². The molecule has 0 amide bonds. The maximum atomic E-state index is 12.6. The standard InChI is InChI=1S/C34H64O4S/c1-6-8-10-12-13-14-17-21-27-38-32(36)23-19-16-15-18-22-29-30(35)24-25-31(29)39-28-34(5,37)33(3,4)26-20-11-9-7-2/h29,31,37H,6-28H2,1-5H3. The maximum absolute atomic E-state index is 12.6. The Morgan fingerprint density at radius 3 is 2.08 bits per heavy atom. The lowest BCUT2D eigenvalue weighted by Crippen LogP contribution is -2.44. The molecule has 230 valence electrons. The highest BCUT2D eigenvalue weighted by molar-refractivity contribution is 8.00. The van der Waals surface area contributed by atoms with E-state index in [-0.39, 0.29) is 17.3 Å². The van der Waals surface area contributed by atoms with Crippen molar-refractivity contribution in [3.63, 3.8) is 0 Å². The van der Waals surface area contributed by atoms with Gasteiger partial charge in [0.25, 0.3) is 0 Å². The summed E-state index contributed by atoms with van der Waals surface area (Å²) in [6.07, 6.45) is 23.1. The van der Waals surface area contributed by atoms with Crippen LogP contribution >= 0.6 is 11.8 Å². The second kappa shape index (κ2) is 21.2. The number of ketones is 1. The minimum atomic E-state index is -0.733. The van der Waals surface area contributed by atoms with E-state index in [1.165, 1.54) is 64.2 Å². The molecule has 1 fully saturated rings. The molecule has 5 heteroatoms. The van der Waals surface area contributed by atoms with E-state index in [1.807, 2.05) is 18.7 Å². The summed E-state index contributed by atoms with van der Waals surface area (Å²) >= 11 is 1.83. The number of ether oxygens (including phenoxy) is 1. The van der Waals surface area contributed by atoms with Crippen molar-refractivity contribution in [3.8, 4) is 0 Å². The SMILES string of the molecule is CCCCCCCCCCOC(=O)CCCCCCC1C(=O)CCC1SCC(C)(O)C(C)(C)CCCCCC. The van der Waals surface area contributed by atoms with E-state index in [1.54, 1.807) is 0 Å². The van der Waals surface area contributed by atoms with Crippen LogP contribution in [0.4, 0.5) is 0 Å². The van der Waals surface area contributed by atoms with E-state index in [2.05, 4.69) is 27.7 Å². The molecular weight excluding hydrogens is 504 g/mol. The quantitative estimate of drug-likeness (QED) is 0.0877. The monoisotopic (exact) mass is 568 g/mol. The third-order valence-corrected chi connectivity index (χ3v) is 10.9. The molecule has 0 aromatic heterocycles. The van der Waals surface area contributed by atoms with Gasteiger partial charge in [0, 0.05) is 29.8 Å². The number of esters is 1. The Hall–Kier alpha value is -0.550. The van der Waals surface area contributed by atoms with E-state index in [0.29, 0.717) is 36.2 Å². The Bertz CT molecular complexity index is 645. The Balaban J connectivity index is 2.17. The van der Waals surface area contributed by atoms with Crippen LogP contribution in [0.15, 0.2) is 0 Å². The molecule has 1 aliphatic rings. The van der Waals surface area contributed by atoms with Crippen molar-refractivity contribution in [2.24, 2.45) is 11.3 Å². The predicted octanol–water partition coefficient (Wildman–Crippen LogP) is 9.84. The minimum absolute atomic E-state index is 0.0549. The second-order valence-electron chi connectivity index (χ2n) is 13.1. The second-order valence-corrected chi connectivity index (χ2v) is 14.3. The predicted molar refractivity (Wildman–Crippen MR) is 168 cm³/mol. The van der Waals surface area contributed by atoms with Crippen LogP contribution in [0.3, 0.4) is 0 Å². The zero-order chi connectivity index (χ0) is 29.0. The van der Waals surface area contributed by atoms with Gasteiger partial charge in [0.15, 0.2) is 0 Å². The van der Waals surface area contributed by atoms with Gasteiger partial charge in [-0.1, -0.05) is 118 Å². The Kier molecular flexibility index (Phi) is 19.8. The fourth-order valence-electron chi connectivity index (χ4n) is 5.63. The highest BCUT2D eigenvalue weighted by Gasteiger charge is 2.41. The summed E-state index contributed by atoms with van der Waals surface area (Å²) in [5.74, 6) is 1.19. The zero-order valence-corrected chi connectivity index (χ0v) is 27.3. The van der Waals surface area contributed by atoms with Crippen molar-refractivity contribution < 1.29 is 19.4 Å². The van der Waals surface area contributed by atoms with E-state index < -0.39 is 5.60 Å². The van der Waals surface area contributed by atoms with Gasteiger partial charge in [-0.15, -0.1) is 0 Å². The number of carbonyl (C=O) groups is 2. The van der Waals surface area contributed by atoms with Gasteiger partial charge >= 0.3 is 5.97 Å². The van der Waals surface area contributed by atoms with Crippen molar-refractivity contribution in [2.75, 3.05) is 12.4 Å². The molecule has 0 aromatic carbocycles. The molecule has 0 saturated heterocycles. The number of hydrogen-bond donors (Lipinski definition) is 1. The topological polar surface area (TPSA) is 63.6 Å².